The summed E-state index contributed by atoms with van der Waals surface area (Å²) in [6, 6.07) is 4.58. The van der Waals surface area contributed by atoms with Crippen LogP contribution in [0.2, 0.25) is 0 Å². The average Bonchev–Trinajstić information content (AvgIpc) is 2.40. The number of hydrogen-bond acceptors (Lipinski definition) is 0. The molecule has 0 amide bonds. The summed E-state index contributed by atoms with van der Waals surface area (Å²) < 4.78 is 0. The Morgan fingerprint density at radius 2 is 1.95 bits per heavy atom. The maximum Gasteiger partial charge on any atom is 0.0283 e. The SMILES string of the molecule is CC1=C/C=c2/cc3c(c/c2=C/C=C\1)C#CC(C)CCC3. The van der Waals surface area contributed by atoms with Gasteiger partial charge in [-0.3, -0.25) is 0 Å². The van der Waals surface area contributed by atoms with Crippen molar-refractivity contribution in [3.05, 3.63) is 57.5 Å². The van der Waals surface area contributed by atoms with Crippen LogP contribution in [-0.4, -0.2) is 0 Å². The van der Waals surface area contributed by atoms with Gasteiger partial charge in [-0.2, -0.15) is 0 Å². The van der Waals surface area contributed by atoms with E-state index in [9.17, 15) is 0 Å². The summed E-state index contributed by atoms with van der Waals surface area (Å²) in [4.78, 5) is 0. The zero-order valence-electron chi connectivity index (χ0n) is 12.2. The lowest BCUT2D eigenvalue weighted by molar-refractivity contribution is 0.619. The number of benzene rings is 1. The lowest BCUT2D eigenvalue weighted by atomic mass is 9.93. The summed E-state index contributed by atoms with van der Waals surface area (Å²) in [6.07, 6.45) is 14.5. The molecule has 0 bridgehead atoms. The molecule has 0 aliphatic heterocycles. The number of allylic oxidation sites excluding steroid dienone is 4. The summed E-state index contributed by atoms with van der Waals surface area (Å²) in [5, 5.41) is 2.58. The highest BCUT2D eigenvalue weighted by molar-refractivity contribution is 5.54. The Kier molecular flexibility index (Phi) is 3.61. The van der Waals surface area contributed by atoms with Crippen molar-refractivity contribution in [1.29, 1.82) is 0 Å². The van der Waals surface area contributed by atoms with E-state index in [1.54, 1.807) is 0 Å². The molecular formula is C20H20. The molecule has 20 heavy (non-hydrogen) atoms. The molecule has 1 atom stereocenters. The molecule has 0 saturated carbocycles. The second kappa shape index (κ2) is 5.55. The zero-order chi connectivity index (χ0) is 13.9. The van der Waals surface area contributed by atoms with Crippen LogP contribution in [0.4, 0.5) is 0 Å². The minimum Gasteiger partial charge on any atom is -0.0948 e. The monoisotopic (exact) mass is 260 g/mol. The van der Waals surface area contributed by atoms with Crippen LogP contribution >= 0.6 is 0 Å². The predicted octanol–water partition coefficient (Wildman–Crippen LogP) is 3.09. The molecule has 0 N–H and O–H groups in total. The Morgan fingerprint density at radius 3 is 2.85 bits per heavy atom. The number of fused-ring (bicyclic) bond motifs is 2. The van der Waals surface area contributed by atoms with Gasteiger partial charge in [0.15, 0.2) is 0 Å². The first-order chi connectivity index (χ1) is 9.72. The van der Waals surface area contributed by atoms with Gasteiger partial charge in [0.05, 0.1) is 0 Å². The van der Waals surface area contributed by atoms with Gasteiger partial charge in [-0.25, -0.2) is 0 Å². The van der Waals surface area contributed by atoms with E-state index >= 15 is 0 Å². The number of rotatable bonds is 0. The van der Waals surface area contributed by atoms with Crippen LogP contribution in [0.15, 0.2) is 35.9 Å². The van der Waals surface area contributed by atoms with E-state index in [0.717, 1.165) is 6.42 Å². The van der Waals surface area contributed by atoms with Crippen LogP contribution in [0.25, 0.3) is 12.2 Å². The Labute approximate surface area is 121 Å². The van der Waals surface area contributed by atoms with Gasteiger partial charge in [-0.15, -0.1) is 0 Å². The third-order valence-electron chi connectivity index (χ3n) is 4.01. The van der Waals surface area contributed by atoms with Crippen LogP contribution in [0.1, 0.15) is 37.8 Å². The fourth-order valence-electron chi connectivity index (χ4n) is 2.74. The van der Waals surface area contributed by atoms with Crippen LogP contribution < -0.4 is 10.4 Å². The van der Waals surface area contributed by atoms with E-state index in [1.165, 1.54) is 40.0 Å². The first-order valence-electron chi connectivity index (χ1n) is 7.44. The lowest BCUT2D eigenvalue weighted by Crippen LogP contribution is -2.26. The third kappa shape index (κ3) is 2.78. The van der Waals surface area contributed by atoms with Gasteiger partial charge in [-0.05, 0) is 54.3 Å². The third-order valence-corrected chi connectivity index (χ3v) is 4.01. The molecule has 3 rings (SSSR count). The molecule has 1 aromatic rings. The molecule has 100 valence electrons. The fraction of sp³-hybridized carbons (Fsp3) is 0.300. The summed E-state index contributed by atoms with van der Waals surface area (Å²) in [6.45, 7) is 4.36. The van der Waals surface area contributed by atoms with Crippen molar-refractivity contribution in [2.75, 3.05) is 0 Å². The summed E-state index contributed by atoms with van der Waals surface area (Å²) in [5.41, 5.74) is 3.91. The zero-order valence-corrected chi connectivity index (χ0v) is 12.2. The molecule has 2 aliphatic carbocycles. The van der Waals surface area contributed by atoms with Crippen LogP contribution in [0, 0.1) is 17.8 Å². The molecular weight excluding hydrogens is 240 g/mol. The van der Waals surface area contributed by atoms with Gasteiger partial charge in [0.25, 0.3) is 0 Å². The largest absolute Gasteiger partial charge is 0.0948 e. The first-order valence-corrected chi connectivity index (χ1v) is 7.44. The topological polar surface area (TPSA) is 0 Å². The molecule has 0 heterocycles. The van der Waals surface area contributed by atoms with E-state index in [-0.39, 0.29) is 0 Å². The molecule has 2 aliphatic rings. The van der Waals surface area contributed by atoms with Gasteiger partial charge in [0.1, 0.15) is 0 Å². The Balaban J connectivity index is 2.22. The summed E-state index contributed by atoms with van der Waals surface area (Å²) >= 11 is 0. The van der Waals surface area contributed by atoms with Gasteiger partial charge in [0.2, 0.25) is 0 Å². The number of aryl methyl sites for hydroxylation is 1. The maximum atomic E-state index is 3.39. The quantitative estimate of drug-likeness (QED) is 0.629. The molecule has 0 radical (unpaired) electrons. The minimum absolute atomic E-state index is 0.520. The van der Waals surface area contributed by atoms with Crippen LogP contribution in [0.3, 0.4) is 0 Å². The van der Waals surface area contributed by atoms with E-state index in [1.807, 2.05) is 0 Å². The molecule has 1 aromatic carbocycles. The Bertz CT molecular complexity index is 761. The van der Waals surface area contributed by atoms with E-state index in [2.05, 4.69) is 68.2 Å². The maximum absolute atomic E-state index is 3.39. The second-order valence-electron chi connectivity index (χ2n) is 5.80. The van der Waals surface area contributed by atoms with E-state index < -0.39 is 0 Å². The predicted molar refractivity (Wildman–Crippen MR) is 86.5 cm³/mol. The van der Waals surface area contributed by atoms with Crippen molar-refractivity contribution in [1.82, 2.24) is 0 Å². The first kappa shape index (κ1) is 13.0. The smallest absolute Gasteiger partial charge is 0.0283 e. The van der Waals surface area contributed by atoms with Gasteiger partial charge in [0, 0.05) is 11.5 Å². The van der Waals surface area contributed by atoms with Gasteiger partial charge >= 0.3 is 0 Å². The normalized spacial score (nSPS) is 27.9. The molecule has 1 unspecified atom stereocenters. The average molecular weight is 260 g/mol. The van der Waals surface area contributed by atoms with Crippen molar-refractivity contribution in [2.45, 2.75) is 33.1 Å². The molecule has 0 fully saturated rings. The number of hydrogen-bond donors (Lipinski definition) is 0. The minimum atomic E-state index is 0.520. The lowest BCUT2D eigenvalue weighted by Gasteiger charge is -2.11. The second-order valence-corrected chi connectivity index (χ2v) is 5.80. The molecule has 0 aromatic heterocycles. The highest BCUT2D eigenvalue weighted by Gasteiger charge is 2.07. The fourth-order valence-corrected chi connectivity index (χ4v) is 2.74. The molecule has 0 nitrogen and oxygen atoms in total. The van der Waals surface area contributed by atoms with E-state index in [0.29, 0.717) is 5.92 Å². The molecule has 0 saturated heterocycles. The Hall–Kier alpha value is -2.00. The van der Waals surface area contributed by atoms with Gasteiger partial charge < -0.3 is 0 Å². The van der Waals surface area contributed by atoms with Crippen molar-refractivity contribution in [3.63, 3.8) is 0 Å². The van der Waals surface area contributed by atoms with Crippen molar-refractivity contribution < 1.29 is 0 Å². The molecule has 0 spiro atoms. The summed E-state index contributed by atoms with van der Waals surface area (Å²) in [7, 11) is 0. The summed E-state index contributed by atoms with van der Waals surface area (Å²) in [5.74, 6) is 7.28. The van der Waals surface area contributed by atoms with Crippen molar-refractivity contribution >= 4 is 12.2 Å². The highest BCUT2D eigenvalue weighted by Crippen LogP contribution is 2.15. The van der Waals surface area contributed by atoms with Crippen molar-refractivity contribution in [3.8, 4) is 11.8 Å². The van der Waals surface area contributed by atoms with E-state index in [4.69, 9.17) is 0 Å². The highest BCUT2D eigenvalue weighted by atomic mass is 14.1. The standard InChI is InChI=1S/C20H20/c1-15-5-3-7-17-14-20-12-10-16(2)6-4-8-18(20)13-19(17)11-9-15/h3,5,7,9,11,13-14,16H,4,6,8H2,1-2H3/b5-3-,7-3?,11-9?,15-5?,15-9-,17-7-,19-11-. The van der Waals surface area contributed by atoms with Gasteiger partial charge in [-0.1, -0.05) is 54.7 Å². The van der Waals surface area contributed by atoms with Crippen LogP contribution in [0.5, 0.6) is 0 Å². The molecule has 0 heteroatoms. The van der Waals surface area contributed by atoms with Crippen molar-refractivity contribution in [2.24, 2.45) is 5.92 Å². The van der Waals surface area contributed by atoms with Crippen LogP contribution in [-0.2, 0) is 6.42 Å². The Morgan fingerprint density at radius 1 is 1.10 bits per heavy atom.